The van der Waals surface area contributed by atoms with E-state index in [1.54, 1.807) is 14.2 Å². The van der Waals surface area contributed by atoms with Crippen molar-refractivity contribution >= 4 is 34.2 Å². The van der Waals surface area contributed by atoms with Gasteiger partial charge >= 0.3 is 0 Å². The lowest BCUT2D eigenvalue weighted by Gasteiger charge is -2.31. The minimum atomic E-state index is -0.136. The maximum Gasteiger partial charge on any atom is 0.252 e. The maximum absolute atomic E-state index is 13.3. The zero-order valence-electron chi connectivity index (χ0n) is 19.7. The Hall–Kier alpha value is -3.77. The van der Waals surface area contributed by atoms with Crippen LogP contribution >= 0.6 is 11.6 Å². The number of nitrogens with zero attached hydrogens (tertiary/aromatic N) is 2. The summed E-state index contributed by atoms with van der Waals surface area (Å²) < 4.78 is 11.0. The Morgan fingerprint density at radius 2 is 1.71 bits per heavy atom. The summed E-state index contributed by atoms with van der Waals surface area (Å²) in [4.78, 5) is 20.4. The summed E-state index contributed by atoms with van der Waals surface area (Å²) in [6.45, 7) is 1.88. The highest BCUT2D eigenvalue weighted by Gasteiger charge is 2.22. The molecule has 0 aliphatic carbocycles. The Labute approximate surface area is 209 Å². The molecule has 7 heteroatoms. The highest BCUT2D eigenvalue weighted by molar-refractivity contribution is 6.30. The van der Waals surface area contributed by atoms with Gasteiger partial charge in [-0.25, -0.2) is 4.98 Å². The summed E-state index contributed by atoms with van der Waals surface area (Å²) in [5.41, 5.74) is 4.79. The molecule has 1 N–H and O–H groups in total. The van der Waals surface area contributed by atoms with Gasteiger partial charge in [-0.3, -0.25) is 4.79 Å². The zero-order valence-corrected chi connectivity index (χ0v) is 20.4. The van der Waals surface area contributed by atoms with Gasteiger partial charge in [0.05, 0.1) is 25.3 Å². The average Bonchev–Trinajstić information content (AvgIpc) is 2.90. The number of pyridine rings is 1. The molecule has 1 aliphatic heterocycles. The molecular weight excluding hydrogens is 462 g/mol. The van der Waals surface area contributed by atoms with Gasteiger partial charge in [0.15, 0.2) is 11.5 Å². The van der Waals surface area contributed by atoms with Crippen molar-refractivity contribution in [2.45, 2.75) is 19.5 Å². The molecule has 4 aromatic rings. The highest BCUT2D eigenvalue weighted by atomic mass is 35.5. The molecule has 1 aliphatic rings. The summed E-state index contributed by atoms with van der Waals surface area (Å²) in [7, 11) is 3.29. The number of hydrogen-bond donors (Lipinski definition) is 1. The van der Waals surface area contributed by atoms with Gasteiger partial charge in [0.25, 0.3) is 5.91 Å². The van der Waals surface area contributed by atoms with E-state index in [2.05, 4.69) is 16.3 Å². The van der Waals surface area contributed by atoms with Crippen LogP contribution in [0.5, 0.6) is 11.5 Å². The van der Waals surface area contributed by atoms with E-state index in [0.29, 0.717) is 29.4 Å². The summed E-state index contributed by atoms with van der Waals surface area (Å²) in [5, 5.41) is 4.54. The van der Waals surface area contributed by atoms with Gasteiger partial charge in [0.2, 0.25) is 0 Å². The van der Waals surface area contributed by atoms with Gasteiger partial charge in [0.1, 0.15) is 5.82 Å². The van der Waals surface area contributed by atoms with Crippen molar-refractivity contribution in [3.8, 4) is 11.5 Å². The molecule has 0 radical (unpaired) electrons. The van der Waals surface area contributed by atoms with Crippen LogP contribution in [0, 0.1) is 0 Å². The first-order chi connectivity index (χ1) is 17.1. The Morgan fingerprint density at radius 1 is 1.00 bits per heavy atom. The monoisotopic (exact) mass is 487 g/mol. The third-order valence-electron chi connectivity index (χ3n) is 6.36. The number of anilines is 1. The van der Waals surface area contributed by atoms with E-state index in [-0.39, 0.29) is 5.91 Å². The van der Waals surface area contributed by atoms with E-state index in [9.17, 15) is 4.79 Å². The predicted octanol–water partition coefficient (Wildman–Crippen LogP) is 5.40. The number of hydrogen-bond acceptors (Lipinski definition) is 5. The number of nitrogens with one attached hydrogen (secondary N) is 1. The molecule has 0 fully saturated rings. The second kappa shape index (κ2) is 9.84. The van der Waals surface area contributed by atoms with Gasteiger partial charge in [-0.1, -0.05) is 41.9 Å². The second-order valence-electron chi connectivity index (χ2n) is 8.50. The third kappa shape index (κ3) is 4.75. The average molecular weight is 488 g/mol. The van der Waals surface area contributed by atoms with Crippen LogP contribution in [0.3, 0.4) is 0 Å². The smallest absolute Gasteiger partial charge is 0.252 e. The number of benzene rings is 3. The maximum atomic E-state index is 13.3. The summed E-state index contributed by atoms with van der Waals surface area (Å²) in [6.07, 6.45) is 0.849. The Balaban J connectivity index is 1.44. The standard InChI is InChI=1S/C28H26ClN3O3/c1-34-25-13-19-11-12-32(17-20(19)14-26(25)35-2)27-15-23(22-5-3-4-6-24(22)31-27)28(33)30-16-18-7-9-21(29)10-8-18/h3-10,13-15H,11-12,16-17H2,1-2H3,(H,30,33). The molecule has 1 amide bonds. The Bertz CT molecular complexity index is 1390. The second-order valence-corrected chi connectivity index (χ2v) is 8.94. The SMILES string of the molecule is COc1cc2c(cc1OC)CN(c1cc(C(=O)NCc3ccc(Cl)cc3)c3ccccc3n1)CC2. The number of fused-ring (bicyclic) bond motifs is 2. The fraction of sp³-hybridized carbons (Fsp3) is 0.214. The van der Waals surface area contributed by atoms with E-state index in [0.717, 1.165) is 46.6 Å². The summed E-state index contributed by atoms with van der Waals surface area (Å²) >= 11 is 5.98. The minimum absolute atomic E-state index is 0.136. The topological polar surface area (TPSA) is 63.7 Å². The van der Waals surface area contributed by atoms with Crippen molar-refractivity contribution in [1.82, 2.24) is 10.3 Å². The lowest BCUT2D eigenvalue weighted by atomic mass is 9.98. The first-order valence-electron chi connectivity index (χ1n) is 11.5. The van der Waals surface area contributed by atoms with Crippen molar-refractivity contribution in [1.29, 1.82) is 0 Å². The minimum Gasteiger partial charge on any atom is -0.493 e. The van der Waals surface area contributed by atoms with Crippen LogP contribution in [-0.4, -0.2) is 31.7 Å². The van der Waals surface area contributed by atoms with E-state index >= 15 is 0 Å². The zero-order chi connectivity index (χ0) is 24.4. The molecule has 0 atom stereocenters. The molecule has 0 saturated heterocycles. The number of rotatable bonds is 6. The van der Waals surface area contributed by atoms with E-state index in [1.807, 2.05) is 60.7 Å². The van der Waals surface area contributed by atoms with Crippen LogP contribution in [0.4, 0.5) is 5.82 Å². The molecule has 3 aromatic carbocycles. The van der Waals surface area contributed by atoms with Crippen LogP contribution < -0.4 is 19.7 Å². The predicted molar refractivity (Wildman–Crippen MR) is 139 cm³/mol. The lowest BCUT2D eigenvalue weighted by Crippen LogP contribution is -2.31. The van der Waals surface area contributed by atoms with Crippen molar-refractivity contribution < 1.29 is 14.3 Å². The summed E-state index contributed by atoms with van der Waals surface area (Å²) in [6, 6.07) is 21.2. The number of amides is 1. The first kappa shape index (κ1) is 23.0. The fourth-order valence-corrected chi connectivity index (χ4v) is 4.60. The quantitative estimate of drug-likeness (QED) is 0.394. The van der Waals surface area contributed by atoms with Crippen molar-refractivity contribution in [2.75, 3.05) is 25.7 Å². The molecule has 0 spiro atoms. The first-order valence-corrected chi connectivity index (χ1v) is 11.8. The van der Waals surface area contributed by atoms with Crippen LogP contribution in [0.25, 0.3) is 10.9 Å². The number of ether oxygens (including phenoxy) is 2. The van der Waals surface area contributed by atoms with Crippen LogP contribution in [0.2, 0.25) is 5.02 Å². The number of aromatic nitrogens is 1. The summed E-state index contributed by atoms with van der Waals surface area (Å²) in [5.74, 6) is 2.09. The van der Waals surface area contributed by atoms with Crippen LogP contribution in [0.15, 0.2) is 66.7 Å². The molecule has 0 unspecified atom stereocenters. The molecule has 35 heavy (non-hydrogen) atoms. The van der Waals surface area contributed by atoms with Gasteiger partial charge in [-0.15, -0.1) is 0 Å². The van der Waals surface area contributed by atoms with Crippen LogP contribution in [-0.2, 0) is 19.5 Å². The molecule has 1 aromatic heterocycles. The molecule has 178 valence electrons. The highest BCUT2D eigenvalue weighted by Crippen LogP contribution is 2.35. The number of halogens is 1. The molecule has 6 nitrogen and oxygen atoms in total. The number of carbonyl (C=O) groups excluding carboxylic acids is 1. The molecule has 2 heterocycles. The number of para-hydroxylation sites is 1. The van der Waals surface area contributed by atoms with Crippen molar-refractivity contribution in [2.24, 2.45) is 0 Å². The van der Waals surface area contributed by atoms with Gasteiger partial charge in [0, 0.05) is 30.0 Å². The molecule has 5 rings (SSSR count). The van der Waals surface area contributed by atoms with E-state index in [4.69, 9.17) is 26.1 Å². The largest absolute Gasteiger partial charge is 0.493 e. The number of methoxy groups -OCH3 is 2. The van der Waals surface area contributed by atoms with E-state index in [1.165, 1.54) is 5.56 Å². The van der Waals surface area contributed by atoms with Gasteiger partial charge < -0.3 is 19.7 Å². The van der Waals surface area contributed by atoms with Gasteiger partial charge in [-0.05, 0) is 59.5 Å². The third-order valence-corrected chi connectivity index (χ3v) is 6.61. The fourth-order valence-electron chi connectivity index (χ4n) is 4.47. The molecule has 0 bridgehead atoms. The van der Waals surface area contributed by atoms with Crippen molar-refractivity contribution in [3.05, 3.63) is 94.0 Å². The van der Waals surface area contributed by atoms with E-state index < -0.39 is 0 Å². The molecule has 0 saturated carbocycles. The van der Waals surface area contributed by atoms with Crippen molar-refractivity contribution in [3.63, 3.8) is 0 Å². The Morgan fingerprint density at radius 3 is 2.46 bits per heavy atom. The Kier molecular flexibility index (Phi) is 6.47. The number of carbonyl (C=O) groups is 1. The normalized spacial score (nSPS) is 12.8. The van der Waals surface area contributed by atoms with Gasteiger partial charge in [-0.2, -0.15) is 0 Å². The molecular formula is C28H26ClN3O3. The lowest BCUT2D eigenvalue weighted by molar-refractivity contribution is 0.0952. The van der Waals surface area contributed by atoms with Crippen LogP contribution in [0.1, 0.15) is 27.0 Å².